The zero-order valence-electron chi connectivity index (χ0n) is 23.3. The summed E-state index contributed by atoms with van der Waals surface area (Å²) in [6.07, 6.45) is 3.30. The highest BCUT2D eigenvalue weighted by Gasteiger charge is 2.38. The number of carbonyl (C=O) groups excluding carboxylic acids is 1. The first kappa shape index (κ1) is 28.7. The molecule has 41 heavy (non-hydrogen) atoms. The molecule has 10 heteroatoms. The van der Waals surface area contributed by atoms with Gasteiger partial charge in [-0.05, 0) is 48.4 Å². The van der Waals surface area contributed by atoms with Gasteiger partial charge in [0.25, 0.3) is 5.91 Å². The Labute approximate surface area is 240 Å². The summed E-state index contributed by atoms with van der Waals surface area (Å²) in [6, 6.07) is 19.2. The van der Waals surface area contributed by atoms with Crippen molar-refractivity contribution in [3.63, 3.8) is 0 Å². The first-order chi connectivity index (χ1) is 19.7. The third kappa shape index (κ3) is 6.09. The molecule has 2 aliphatic rings. The van der Waals surface area contributed by atoms with Crippen LogP contribution in [0.1, 0.15) is 35.3 Å². The zero-order valence-corrected chi connectivity index (χ0v) is 24.1. The molecule has 5 rings (SSSR count). The monoisotopic (exact) mass is 578 g/mol. The second-order valence-corrected chi connectivity index (χ2v) is 12.3. The quantitative estimate of drug-likeness (QED) is 0.421. The van der Waals surface area contributed by atoms with E-state index in [-0.39, 0.29) is 49.0 Å². The summed E-state index contributed by atoms with van der Waals surface area (Å²) >= 11 is 0. The van der Waals surface area contributed by atoms with Crippen LogP contribution in [-0.4, -0.2) is 74.3 Å². The van der Waals surface area contributed by atoms with Gasteiger partial charge in [-0.1, -0.05) is 55.5 Å². The number of aliphatic hydroxyl groups is 1. The first-order valence-corrected chi connectivity index (χ1v) is 14.9. The molecule has 0 radical (unpaired) electrons. The summed E-state index contributed by atoms with van der Waals surface area (Å²) in [5, 5.41) is 9.90. The van der Waals surface area contributed by atoms with Crippen molar-refractivity contribution in [1.82, 2.24) is 9.21 Å². The minimum Gasteiger partial charge on any atom is -0.487 e. The van der Waals surface area contributed by atoms with Gasteiger partial charge in [0, 0.05) is 31.1 Å². The third-order valence-corrected chi connectivity index (χ3v) is 9.40. The Morgan fingerprint density at radius 1 is 1.02 bits per heavy atom. The maximum absolute atomic E-state index is 13.8. The number of rotatable bonds is 7. The number of ether oxygens (including phenoxy) is 3. The zero-order chi connectivity index (χ0) is 29.1. The largest absolute Gasteiger partial charge is 0.487 e. The minimum absolute atomic E-state index is 0.0244. The molecule has 9 nitrogen and oxygen atoms in total. The van der Waals surface area contributed by atoms with Crippen molar-refractivity contribution in [3.8, 4) is 17.2 Å². The van der Waals surface area contributed by atoms with E-state index in [1.165, 1.54) is 4.31 Å². The van der Waals surface area contributed by atoms with Crippen LogP contribution < -0.4 is 14.2 Å². The number of likely N-dealkylation sites (N-methyl/N-ethyl adjacent to an activating group) is 1. The average Bonchev–Trinajstić information content (AvgIpc) is 3.45. The summed E-state index contributed by atoms with van der Waals surface area (Å²) in [5.41, 5.74) is 2.22. The molecule has 3 aromatic rings. The van der Waals surface area contributed by atoms with Crippen LogP contribution in [0.3, 0.4) is 0 Å². The van der Waals surface area contributed by atoms with Gasteiger partial charge in [-0.25, -0.2) is 8.42 Å². The van der Waals surface area contributed by atoms with Crippen LogP contribution in [0.2, 0.25) is 0 Å². The third-order valence-electron chi connectivity index (χ3n) is 7.38. The van der Waals surface area contributed by atoms with Crippen molar-refractivity contribution in [3.05, 3.63) is 83.4 Å². The van der Waals surface area contributed by atoms with E-state index in [1.807, 2.05) is 49.4 Å². The number of carbonyl (C=O) groups is 1. The number of hydrogen-bond donors (Lipinski definition) is 1. The summed E-state index contributed by atoms with van der Waals surface area (Å²) in [7, 11) is -2.28. The van der Waals surface area contributed by atoms with Crippen molar-refractivity contribution in [2.45, 2.75) is 30.9 Å². The number of nitrogens with zero attached hydrogens (tertiary/aromatic N) is 2. The van der Waals surface area contributed by atoms with E-state index < -0.39 is 22.2 Å². The number of aliphatic hydroxyl groups excluding tert-OH is 1. The SMILES string of the molecule is C[C@H]1CN([C@@H](C)CO)S(=O)(=O)c2ccc(/C=C/c3ccccc3)cc2O[C@H]1CN(C)C(=O)c1ccc2c(c1)OCO2. The Morgan fingerprint density at radius 3 is 2.51 bits per heavy atom. The molecular weight excluding hydrogens is 544 g/mol. The molecule has 0 unspecified atom stereocenters. The molecule has 0 aromatic heterocycles. The number of fused-ring (bicyclic) bond motifs is 2. The van der Waals surface area contributed by atoms with Gasteiger partial charge >= 0.3 is 0 Å². The lowest BCUT2D eigenvalue weighted by atomic mass is 10.0. The summed E-state index contributed by atoms with van der Waals surface area (Å²) < 4.78 is 46.0. The van der Waals surface area contributed by atoms with Crippen LogP contribution in [0.25, 0.3) is 12.2 Å². The van der Waals surface area contributed by atoms with Crippen LogP contribution >= 0.6 is 0 Å². The average molecular weight is 579 g/mol. The van der Waals surface area contributed by atoms with E-state index in [4.69, 9.17) is 14.2 Å². The second kappa shape index (κ2) is 11.9. The van der Waals surface area contributed by atoms with Gasteiger partial charge in [0.1, 0.15) is 16.7 Å². The lowest BCUT2D eigenvalue weighted by Gasteiger charge is -2.37. The topological polar surface area (TPSA) is 106 Å². The van der Waals surface area contributed by atoms with Crippen molar-refractivity contribution < 1.29 is 32.5 Å². The van der Waals surface area contributed by atoms with Gasteiger partial charge in [0.2, 0.25) is 16.8 Å². The fourth-order valence-electron chi connectivity index (χ4n) is 4.92. The Bertz CT molecular complexity index is 1540. The lowest BCUT2D eigenvalue weighted by Crippen LogP contribution is -2.50. The Balaban J connectivity index is 1.46. The summed E-state index contributed by atoms with van der Waals surface area (Å²) in [5.74, 6) is 0.783. The smallest absolute Gasteiger partial charge is 0.253 e. The number of benzene rings is 3. The second-order valence-electron chi connectivity index (χ2n) is 10.4. The predicted molar refractivity (Wildman–Crippen MR) is 155 cm³/mol. The van der Waals surface area contributed by atoms with Crippen molar-refractivity contribution in [2.75, 3.05) is 33.5 Å². The standard InChI is InChI=1S/C31H34N2O7S/c1-21-17-33(22(2)19-34)41(36,37)30-14-11-24(10-9-23-7-5-4-6-8-23)15-28(30)40-29(21)18-32(3)31(35)25-12-13-26-27(16-25)39-20-38-26/h4-16,21-22,29,34H,17-20H2,1-3H3/b10-9+/t21-,22-,29-/m0/s1. The predicted octanol–water partition coefficient (Wildman–Crippen LogP) is 4.13. The fraction of sp³-hybridized carbons (Fsp3) is 0.323. The molecule has 3 aromatic carbocycles. The highest BCUT2D eigenvalue weighted by atomic mass is 32.2. The van der Waals surface area contributed by atoms with E-state index in [2.05, 4.69) is 0 Å². The van der Waals surface area contributed by atoms with Crippen molar-refractivity contribution >= 4 is 28.1 Å². The molecule has 0 fully saturated rings. The van der Waals surface area contributed by atoms with Crippen LogP contribution in [0.15, 0.2) is 71.6 Å². The molecule has 1 amide bonds. The van der Waals surface area contributed by atoms with Crippen molar-refractivity contribution in [2.24, 2.45) is 5.92 Å². The fourth-order valence-corrected chi connectivity index (χ4v) is 6.75. The van der Waals surface area contributed by atoms with E-state index in [9.17, 15) is 18.3 Å². The van der Waals surface area contributed by atoms with Gasteiger partial charge in [0.15, 0.2) is 11.5 Å². The Hall–Kier alpha value is -3.86. The van der Waals surface area contributed by atoms with Gasteiger partial charge in [0.05, 0.1) is 13.2 Å². The highest BCUT2D eigenvalue weighted by Crippen LogP contribution is 2.35. The molecule has 3 atom stereocenters. The molecular formula is C31H34N2O7S. The molecule has 216 valence electrons. The molecule has 0 saturated heterocycles. The number of hydrogen-bond acceptors (Lipinski definition) is 7. The maximum atomic E-state index is 13.8. The van der Waals surface area contributed by atoms with E-state index >= 15 is 0 Å². The van der Waals surface area contributed by atoms with Crippen molar-refractivity contribution in [1.29, 1.82) is 0 Å². The highest BCUT2D eigenvalue weighted by molar-refractivity contribution is 7.89. The minimum atomic E-state index is -3.97. The first-order valence-electron chi connectivity index (χ1n) is 13.5. The van der Waals surface area contributed by atoms with Crippen LogP contribution in [0, 0.1) is 5.92 Å². The van der Waals surface area contributed by atoms with E-state index in [0.717, 1.165) is 11.1 Å². The number of amides is 1. The van der Waals surface area contributed by atoms with Gasteiger partial charge in [-0.3, -0.25) is 4.79 Å². The van der Waals surface area contributed by atoms with Crippen LogP contribution in [0.4, 0.5) is 0 Å². The molecule has 0 aliphatic carbocycles. The molecule has 0 bridgehead atoms. The Morgan fingerprint density at radius 2 is 1.76 bits per heavy atom. The molecule has 0 spiro atoms. The molecule has 0 saturated carbocycles. The normalized spacial score (nSPS) is 20.5. The molecule has 2 heterocycles. The number of sulfonamides is 1. The van der Waals surface area contributed by atoms with Gasteiger partial charge in [-0.2, -0.15) is 4.31 Å². The maximum Gasteiger partial charge on any atom is 0.253 e. The van der Waals surface area contributed by atoms with E-state index in [0.29, 0.717) is 17.1 Å². The lowest BCUT2D eigenvalue weighted by molar-refractivity contribution is 0.0563. The summed E-state index contributed by atoms with van der Waals surface area (Å²) in [4.78, 5) is 14.9. The summed E-state index contributed by atoms with van der Waals surface area (Å²) in [6.45, 7) is 3.68. The van der Waals surface area contributed by atoms with Crippen LogP contribution in [0.5, 0.6) is 17.2 Å². The molecule has 1 N–H and O–H groups in total. The Kier molecular flexibility index (Phi) is 8.35. The van der Waals surface area contributed by atoms with Gasteiger partial charge < -0.3 is 24.2 Å². The molecule has 2 aliphatic heterocycles. The van der Waals surface area contributed by atoms with Gasteiger partial charge in [-0.15, -0.1) is 0 Å². The van der Waals surface area contributed by atoms with Crippen LogP contribution in [-0.2, 0) is 10.0 Å². The van der Waals surface area contributed by atoms with E-state index in [1.54, 1.807) is 55.3 Å².